The molecule has 1 aliphatic heterocycles. The Morgan fingerprint density at radius 3 is 2.78 bits per heavy atom. The first kappa shape index (κ1) is 22.6. The number of unbranched alkanes of at least 4 members (excludes halogenated alkanes) is 1. The lowest BCUT2D eigenvalue weighted by molar-refractivity contribution is 0.0787. The molecule has 1 unspecified atom stereocenters. The fourth-order valence-electron chi connectivity index (χ4n) is 5.31. The maximum atomic E-state index is 12.8. The number of ketones is 1. The second-order valence-corrected chi connectivity index (χ2v) is 9.17. The fourth-order valence-corrected chi connectivity index (χ4v) is 5.31. The van der Waals surface area contributed by atoms with Crippen molar-refractivity contribution in [1.29, 1.82) is 0 Å². The number of nitrogens with zero attached hydrogens (tertiary/aromatic N) is 3. The number of aromatic hydroxyl groups is 1. The van der Waals surface area contributed by atoms with Crippen molar-refractivity contribution in [3.63, 3.8) is 0 Å². The highest BCUT2D eigenvalue weighted by molar-refractivity contribution is 6.08. The molecule has 1 amide bonds. The summed E-state index contributed by atoms with van der Waals surface area (Å²) in [6.45, 7) is 5.39. The number of rotatable bonds is 8. The van der Waals surface area contributed by atoms with Crippen LogP contribution in [-0.4, -0.2) is 57.8 Å². The van der Waals surface area contributed by atoms with Gasteiger partial charge in [-0.05, 0) is 69.3 Å². The van der Waals surface area contributed by atoms with Gasteiger partial charge in [-0.3, -0.25) is 14.5 Å². The Labute approximate surface area is 190 Å². The molecule has 2 aromatic rings. The van der Waals surface area contributed by atoms with E-state index in [0.29, 0.717) is 30.0 Å². The molecule has 1 aliphatic carbocycles. The molecule has 0 saturated heterocycles. The summed E-state index contributed by atoms with van der Waals surface area (Å²) in [6.07, 6.45) is 8.57. The van der Waals surface area contributed by atoms with Crippen molar-refractivity contribution in [2.24, 2.45) is 0 Å². The lowest BCUT2D eigenvalue weighted by Crippen LogP contribution is -2.33. The standard InChI is InChI=1S/C26H35N3O3/c1-3-14-28(21-10-6-8-19-9-7-11-23(31)24(19)21)15-4-5-16-29-18-12-20-22(30)13-17-27(2)26(32)25(20)29/h7,9,11-12,18,21,31H,3-6,8,10,13-17H2,1-2H3. The monoisotopic (exact) mass is 437 g/mol. The van der Waals surface area contributed by atoms with Gasteiger partial charge in [0.15, 0.2) is 5.78 Å². The van der Waals surface area contributed by atoms with Crippen LogP contribution in [0.4, 0.5) is 0 Å². The molecule has 32 heavy (non-hydrogen) atoms. The molecule has 1 aromatic carbocycles. The van der Waals surface area contributed by atoms with Gasteiger partial charge in [0.05, 0.1) is 0 Å². The van der Waals surface area contributed by atoms with Crippen molar-refractivity contribution in [2.75, 3.05) is 26.7 Å². The number of amides is 1. The molecule has 1 aromatic heterocycles. The van der Waals surface area contributed by atoms with Gasteiger partial charge in [-0.25, -0.2) is 0 Å². The Bertz CT molecular complexity index is 981. The van der Waals surface area contributed by atoms with E-state index in [-0.39, 0.29) is 17.7 Å². The number of aromatic nitrogens is 1. The molecule has 0 spiro atoms. The first-order valence-corrected chi connectivity index (χ1v) is 12.0. The molecule has 0 radical (unpaired) electrons. The summed E-state index contributed by atoms with van der Waals surface area (Å²) in [5.74, 6) is 0.426. The van der Waals surface area contributed by atoms with Gasteiger partial charge in [-0.15, -0.1) is 0 Å². The maximum absolute atomic E-state index is 12.8. The lowest BCUT2D eigenvalue weighted by Gasteiger charge is -2.36. The number of fused-ring (bicyclic) bond motifs is 2. The third kappa shape index (κ3) is 4.46. The minimum atomic E-state index is -0.0576. The largest absolute Gasteiger partial charge is 0.508 e. The maximum Gasteiger partial charge on any atom is 0.270 e. The summed E-state index contributed by atoms with van der Waals surface area (Å²) in [7, 11) is 1.77. The molecule has 1 atom stereocenters. The molecule has 0 bridgehead atoms. The minimum absolute atomic E-state index is 0.0568. The molecule has 6 nitrogen and oxygen atoms in total. The molecule has 6 heteroatoms. The van der Waals surface area contributed by atoms with E-state index < -0.39 is 0 Å². The van der Waals surface area contributed by atoms with Crippen molar-refractivity contribution in [1.82, 2.24) is 14.4 Å². The highest BCUT2D eigenvalue weighted by Crippen LogP contribution is 2.39. The fraction of sp³-hybridized carbons (Fsp3) is 0.538. The molecule has 4 rings (SSSR count). The van der Waals surface area contributed by atoms with Gasteiger partial charge >= 0.3 is 0 Å². The predicted molar refractivity (Wildman–Crippen MR) is 125 cm³/mol. The van der Waals surface area contributed by atoms with E-state index in [1.54, 1.807) is 18.0 Å². The predicted octanol–water partition coefficient (Wildman–Crippen LogP) is 4.42. The van der Waals surface area contributed by atoms with Gasteiger partial charge in [0.2, 0.25) is 0 Å². The van der Waals surface area contributed by atoms with Crippen molar-refractivity contribution >= 4 is 11.7 Å². The van der Waals surface area contributed by atoms with Gasteiger partial charge in [0, 0.05) is 49.9 Å². The van der Waals surface area contributed by atoms with Crippen LogP contribution >= 0.6 is 0 Å². The van der Waals surface area contributed by atoms with E-state index in [0.717, 1.165) is 63.7 Å². The SMILES string of the molecule is CCCN(CCCCn1ccc2c1C(=O)N(C)CCC2=O)C1CCCc2cccc(O)c21. The van der Waals surface area contributed by atoms with Gasteiger partial charge in [-0.1, -0.05) is 19.1 Å². The van der Waals surface area contributed by atoms with Gasteiger partial charge in [0.25, 0.3) is 5.91 Å². The second-order valence-electron chi connectivity index (χ2n) is 9.17. The number of benzene rings is 1. The lowest BCUT2D eigenvalue weighted by atomic mass is 9.86. The number of carbonyl (C=O) groups is 2. The zero-order valence-corrected chi connectivity index (χ0v) is 19.3. The average Bonchev–Trinajstić information content (AvgIpc) is 3.18. The summed E-state index contributed by atoms with van der Waals surface area (Å²) in [5.41, 5.74) is 3.52. The van der Waals surface area contributed by atoms with Crippen molar-refractivity contribution in [2.45, 2.75) is 64.5 Å². The summed E-state index contributed by atoms with van der Waals surface area (Å²) in [4.78, 5) is 29.3. The van der Waals surface area contributed by atoms with Gasteiger partial charge < -0.3 is 14.6 Å². The van der Waals surface area contributed by atoms with Crippen LogP contribution in [0.15, 0.2) is 30.5 Å². The van der Waals surface area contributed by atoms with Crippen LogP contribution in [-0.2, 0) is 13.0 Å². The van der Waals surface area contributed by atoms with E-state index in [1.807, 2.05) is 22.9 Å². The highest BCUT2D eigenvalue weighted by atomic mass is 16.3. The highest BCUT2D eigenvalue weighted by Gasteiger charge is 2.29. The quantitative estimate of drug-likeness (QED) is 0.621. The number of hydrogen-bond acceptors (Lipinski definition) is 4. The molecule has 2 aliphatic rings. The van der Waals surface area contributed by atoms with Gasteiger partial charge in [-0.2, -0.15) is 0 Å². The van der Waals surface area contributed by atoms with E-state index in [4.69, 9.17) is 0 Å². The van der Waals surface area contributed by atoms with Crippen molar-refractivity contribution < 1.29 is 14.7 Å². The number of Topliss-reactive ketones (excluding diaryl/α,β-unsaturated/α-hetero) is 1. The molecule has 172 valence electrons. The number of phenolic OH excluding ortho intramolecular Hbond substituents is 1. The van der Waals surface area contributed by atoms with E-state index in [1.165, 1.54) is 5.56 Å². The second kappa shape index (κ2) is 9.90. The molecule has 0 fully saturated rings. The van der Waals surface area contributed by atoms with Crippen LogP contribution in [0.5, 0.6) is 5.75 Å². The Hall–Kier alpha value is -2.60. The van der Waals surface area contributed by atoms with Crippen molar-refractivity contribution in [3.05, 3.63) is 52.8 Å². The van der Waals surface area contributed by atoms with Crippen LogP contribution < -0.4 is 0 Å². The van der Waals surface area contributed by atoms with Crippen LogP contribution in [0.25, 0.3) is 0 Å². The summed E-state index contributed by atoms with van der Waals surface area (Å²) in [5, 5.41) is 10.6. The minimum Gasteiger partial charge on any atom is -0.508 e. The van der Waals surface area contributed by atoms with E-state index >= 15 is 0 Å². The first-order chi connectivity index (χ1) is 15.5. The third-order valence-corrected chi connectivity index (χ3v) is 6.96. The molecular formula is C26H35N3O3. The summed E-state index contributed by atoms with van der Waals surface area (Å²) < 4.78 is 1.96. The van der Waals surface area contributed by atoms with E-state index in [2.05, 4.69) is 17.9 Å². The summed E-state index contributed by atoms with van der Waals surface area (Å²) in [6, 6.07) is 7.99. The average molecular weight is 438 g/mol. The molecule has 2 heterocycles. The topological polar surface area (TPSA) is 65.8 Å². The zero-order valence-electron chi connectivity index (χ0n) is 19.3. The molecular weight excluding hydrogens is 402 g/mol. The number of hydrogen-bond donors (Lipinski definition) is 1. The number of carbonyl (C=O) groups excluding carboxylic acids is 2. The Kier molecular flexibility index (Phi) is 6.99. The number of phenols is 1. The van der Waals surface area contributed by atoms with Crippen LogP contribution in [0.2, 0.25) is 0 Å². The van der Waals surface area contributed by atoms with E-state index in [9.17, 15) is 14.7 Å². The van der Waals surface area contributed by atoms with Crippen LogP contribution in [0.3, 0.4) is 0 Å². The van der Waals surface area contributed by atoms with Crippen molar-refractivity contribution in [3.8, 4) is 5.75 Å². The Balaban J connectivity index is 1.42. The van der Waals surface area contributed by atoms with Crippen LogP contribution in [0, 0.1) is 0 Å². The normalized spacial score (nSPS) is 18.6. The smallest absolute Gasteiger partial charge is 0.270 e. The zero-order chi connectivity index (χ0) is 22.7. The Morgan fingerprint density at radius 1 is 1.12 bits per heavy atom. The number of aryl methyl sites for hydroxylation is 2. The van der Waals surface area contributed by atoms with Crippen LogP contribution in [0.1, 0.15) is 83.5 Å². The van der Waals surface area contributed by atoms with Gasteiger partial charge in [0.1, 0.15) is 11.4 Å². The third-order valence-electron chi connectivity index (χ3n) is 6.96. The molecule has 1 N–H and O–H groups in total. The molecule has 0 saturated carbocycles. The summed E-state index contributed by atoms with van der Waals surface area (Å²) >= 11 is 0. The first-order valence-electron chi connectivity index (χ1n) is 12.0. The Morgan fingerprint density at radius 2 is 1.97 bits per heavy atom.